The van der Waals surface area contributed by atoms with Crippen LogP contribution in [0.1, 0.15) is 37.5 Å². The van der Waals surface area contributed by atoms with Gasteiger partial charge in [-0.05, 0) is 69.0 Å². The van der Waals surface area contributed by atoms with Gasteiger partial charge in [0, 0.05) is 23.3 Å². The van der Waals surface area contributed by atoms with Gasteiger partial charge in [-0.2, -0.15) is 0 Å². The number of allylic oxidation sites excluding steroid dienone is 2. The number of nitrogens with zero attached hydrogens (tertiary/aromatic N) is 1. The van der Waals surface area contributed by atoms with Crippen molar-refractivity contribution in [2.75, 3.05) is 18.6 Å². The van der Waals surface area contributed by atoms with Gasteiger partial charge >= 0.3 is 0 Å². The Balaban J connectivity index is 2.16. The van der Waals surface area contributed by atoms with Gasteiger partial charge in [0.1, 0.15) is 5.75 Å². The third-order valence-corrected chi connectivity index (χ3v) is 5.34. The smallest absolute Gasteiger partial charge is 0.119 e. The fraction of sp³-hybridized carbons (Fsp3) is 0.364. The lowest BCUT2D eigenvalue weighted by atomic mass is 9.75. The minimum Gasteiger partial charge on any atom is -0.497 e. The van der Waals surface area contributed by atoms with Crippen molar-refractivity contribution in [3.05, 3.63) is 70.9 Å². The van der Waals surface area contributed by atoms with Crippen molar-refractivity contribution < 1.29 is 4.74 Å². The number of hydrogen-bond donors (Lipinski definition) is 0. The monoisotopic (exact) mass is 321 g/mol. The van der Waals surface area contributed by atoms with Crippen LogP contribution in [0.2, 0.25) is 0 Å². The van der Waals surface area contributed by atoms with E-state index in [-0.39, 0.29) is 5.41 Å². The number of anilines is 1. The highest BCUT2D eigenvalue weighted by atomic mass is 16.5. The molecule has 0 aliphatic carbocycles. The van der Waals surface area contributed by atoms with E-state index in [9.17, 15) is 0 Å². The molecule has 3 rings (SSSR count). The average molecular weight is 321 g/mol. The van der Waals surface area contributed by atoms with Crippen LogP contribution >= 0.6 is 0 Å². The Hall–Kier alpha value is -2.22. The Morgan fingerprint density at radius 1 is 1.17 bits per heavy atom. The molecule has 1 heterocycles. The molecule has 2 heteroatoms. The standard InChI is InChI=1S/C22H27NO/c1-6-21-22(4,15-17-11-9-8-10-16(17)3)19-14-18(24-5)12-13-20(19)23(21)7-2/h6,8-14H,7,15H2,1-5H3/b21-6-. The van der Waals surface area contributed by atoms with E-state index in [2.05, 4.69) is 81.1 Å². The second-order valence-corrected chi connectivity index (χ2v) is 6.74. The van der Waals surface area contributed by atoms with Crippen molar-refractivity contribution in [1.82, 2.24) is 0 Å². The SMILES string of the molecule is C/C=C1\N(CC)c2ccc(OC)cc2C1(C)Cc1ccccc1C. The Morgan fingerprint density at radius 3 is 2.54 bits per heavy atom. The maximum Gasteiger partial charge on any atom is 0.119 e. The predicted molar refractivity (Wildman–Crippen MR) is 102 cm³/mol. The Labute approximate surface area is 145 Å². The number of methoxy groups -OCH3 is 1. The molecule has 0 radical (unpaired) electrons. The summed E-state index contributed by atoms with van der Waals surface area (Å²) in [4.78, 5) is 2.44. The first kappa shape index (κ1) is 16.6. The van der Waals surface area contributed by atoms with Gasteiger partial charge < -0.3 is 9.64 Å². The van der Waals surface area contributed by atoms with Crippen LogP contribution in [0.3, 0.4) is 0 Å². The van der Waals surface area contributed by atoms with Crippen LogP contribution in [0.4, 0.5) is 5.69 Å². The molecular weight excluding hydrogens is 294 g/mol. The molecule has 0 amide bonds. The minimum absolute atomic E-state index is 0.0409. The molecule has 1 aliphatic rings. The second kappa shape index (κ2) is 6.35. The molecule has 2 aromatic carbocycles. The van der Waals surface area contributed by atoms with Crippen LogP contribution in [-0.2, 0) is 11.8 Å². The third kappa shape index (κ3) is 2.50. The number of ether oxygens (including phenoxy) is 1. The molecule has 0 saturated heterocycles. The first-order valence-corrected chi connectivity index (χ1v) is 8.72. The van der Waals surface area contributed by atoms with E-state index in [1.54, 1.807) is 7.11 Å². The maximum absolute atomic E-state index is 5.51. The number of fused-ring (bicyclic) bond motifs is 1. The van der Waals surface area contributed by atoms with Crippen LogP contribution in [0.25, 0.3) is 0 Å². The summed E-state index contributed by atoms with van der Waals surface area (Å²) in [6.45, 7) is 9.91. The zero-order valence-electron chi connectivity index (χ0n) is 15.4. The van der Waals surface area contributed by atoms with Crippen molar-refractivity contribution >= 4 is 5.69 Å². The van der Waals surface area contributed by atoms with Gasteiger partial charge in [-0.25, -0.2) is 0 Å². The van der Waals surface area contributed by atoms with Crippen LogP contribution in [0.5, 0.6) is 5.75 Å². The molecule has 1 atom stereocenters. The third-order valence-electron chi connectivity index (χ3n) is 5.34. The van der Waals surface area contributed by atoms with E-state index in [0.29, 0.717) is 0 Å². The number of hydrogen-bond acceptors (Lipinski definition) is 2. The average Bonchev–Trinajstić information content (AvgIpc) is 2.84. The van der Waals surface area contributed by atoms with Gasteiger partial charge in [-0.3, -0.25) is 0 Å². The summed E-state index contributed by atoms with van der Waals surface area (Å²) >= 11 is 0. The fourth-order valence-electron chi connectivity index (χ4n) is 4.08. The number of aryl methyl sites for hydroxylation is 1. The summed E-state index contributed by atoms with van der Waals surface area (Å²) in [7, 11) is 1.74. The zero-order chi connectivity index (χ0) is 17.3. The van der Waals surface area contributed by atoms with Gasteiger partial charge in [-0.15, -0.1) is 0 Å². The van der Waals surface area contributed by atoms with Gasteiger partial charge in [0.05, 0.1) is 7.11 Å². The molecule has 2 aromatic rings. The van der Waals surface area contributed by atoms with E-state index < -0.39 is 0 Å². The van der Waals surface area contributed by atoms with Gasteiger partial charge in [0.2, 0.25) is 0 Å². The summed E-state index contributed by atoms with van der Waals surface area (Å²) in [5.41, 5.74) is 6.78. The van der Waals surface area contributed by atoms with E-state index in [0.717, 1.165) is 18.7 Å². The zero-order valence-corrected chi connectivity index (χ0v) is 15.4. The maximum atomic E-state index is 5.51. The van der Waals surface area contributed by atoms with E-state index in [1.807, 2.05) is 0 Å². The van der Waals surface area contributed by atoms with Gasteiger partial charge in [0.15, 0.2) is 0 Å². The Bertz CT molecular complexity index is 777. The van der Waals surface area contributed by atoms with Crippen molar-refractivity contribution in [1.29, 1.82) is 0 Å². The number of likely N-dealkylation sites (N-methyl/N-ethyl adjacent to an activating group) is 1. The first-order valence-electron chi connectivity index (χ1n) is 8.72. The predicted octanol–water partition coefficient (Wildman–Crippen LogP) is 5.25. The molecule has 0 saturated carbocycles. The summed E-state index contributed by atoms with van der Waals surface area (Å²) in [6.07, 6.45) is 3.27. The highest BCUT2D eigenvalue weighted by molar-refractivity contribution is 5.72. The molecule has 0 aromatic heterocycles. The van der Waals surface area contributed by atoms with Crippen molar-refractivity contribution in [2.24, 2.45) is 0 Å². The largest absolute Gasteiger partial charge is 0.497 e. The summed E-state index contributed by atoms with van der Waals surface area (Å²) < 4.78 is 5.51. The number of rotatable bonds is 4. The Kier molecular flexibility index (Phi) is 4.40. The quantitative estimate of drug-likeness (QED) is 0.763. The lowest BCUT2D eigenvalue weighted by molar-refractivity contribution is 0.413. The van der Waals surface area contributed by atoms with Crippen molar-refractivity contribution in [2.45, 2.75) is 39.5 Å². The number of benzene rings is 2. The second-order valence-electron chi connectivity index (χ2n) is 6.74. The topological polar surface area (TPSA) is 12.5 Å². The molecule has 0 fully saturated rings. The van der Waals surface area contributed by atoms with Crippen molar-refractivity contribution in [3.8, 4) is 5.75 Å². The summed E-state index contributed by atoms with van der Waals surface area (Å²) in [5, 5.41) is 0. The fourth-order valence-corrected chi connectivity index (χ4v) is 4.08. The normalized spacial score (nSPS) is 21.2. The van der Waals surface area contributed by atoms with Crippen molar-refractivity contribution in [3.63, 3.8) is 0 Å². The van der Waals surface area contributed by atoms with Crippen LogP contribution in [0, 0.1) is 6.92 Å². The molecule has 24 heavy (non-hydrogen) atoms. The van der Waals surface area contributed by atoms with Gasteiger partial charge in [0.25, 0.3) is 0 Å². The molecule has 1 aliphatic heterocycles. The molecule has 1 unspecified atom stereocenters. The molecule has 0 spiro atoms. The van der Waals surface area contributed by atoms with E-state index >= 15 is 0 Å². The first-order chi connectivity index (χ1) is 11.5. The van der Waals surface area contributed by atoms with Crippen LogP contribution in [-0.4, -0.2) is 13.7 Å². The van der Waals surface area contributed by atoms with Crippen LogP contribution in [0.15, 0.2) is 54.2 Å². The summed E-state index contributed by atoms with van der Waals surface area (Å²) in [5.74, 6) is 0.929. The highest BCUT2D eigenvalue weighted by Gasteiger charge is 2.43. The minimum atomic E-state index is -0.0409. The molecule has 0 N–H and O–H groups in total. The van der Waals surface area contributed by atoms with E-state index in [4.69, 9.17) is 4.74 Å². The lowest BCUT2D eigenvalue weighted by Crippen LogP contribution is -2.30. The molecule has 0 bridgehead atoms. The molecule has 126 valence electrons. The highest BCUT2D eigenvalue weighted by Crippen LogP contribution is 2.50. The molecule has 2 nitrogen and oxygen atoms in total. The lowest BCUT2D eigenvalue weighted by Gasteiger charge is -2.30. The molecular formula is C22H27NO. The van der Waals surface area contributed by atoms with Gasteiger partial charge in [-0.1, -0.05) is 30.3 Å². The van der Waals surface area contributed by atoms with E-state index in [1.165, 1.54) is 28.1 Å². The van der Waals surface area contributed by atoms with Crippen LogP contribution < -0.4 is 9.64 Å². The Morgan fingerprint density at radius 2 is 1.92 bits per heavy atom. The summed E-state index contributed by atoms with van der Waals surface area (Å²) in [6, 6.07) is 15.2.